The maximum atomic E-state index is 11.7. The van der Waals surface area contributed by atoms with E-state index in [1.807, 2.05) is 6.92 Å². The van der Waals surface area contributed by atoms with E-state index in [4.69, 9.17) is 9.47 Å². The fraction of sp³-hybridized carbons (Fsp3) is 0.750. The minimum atomic E-state index is -0.144. The Labute approximate surface area is 90.4 Å². The van der Waals surface area contributed by atoms with Crippen LogP contribution < -0.4 is 0 Å². The van der Waals surface area contributed by atoms with Crippen LogP contribution in [-0.2, 0) is 14.3 Å². The first-order valence-corrected chi connectivity index (χ1v) is 5.77. The van der Waals surface area contributed by atoms with E-state index in [-0.39, 0.29) is 18.0 Å². The number of carbonyl (C=O) groups excluding carboxylic acids is 1. The molecule has 1 heterocycles. The molecule has 0 aromatic heterocycles. The zero-order valence-electron chi connectivity index (χ0n) is 9.41. The molecule has 0 unspecified atom stereocenters. The Balaban J connectivity index is 2.17. The van der Waals surface area contributed by atoms with Crippen molar-refractivity contribution in [1.29, 1.82) is 0 Å². The van der Waals surface area contributed by atoms with Crippen LogP contribution in [0, 0.1) is 5.92 Å². The Morgan fingerprint density at radius 3 is 3.00 bits per heavy atom. The lowest BCUT2D eigenvalue weighted by Crippen LogP contribution is -2.31. The van der Waals surface area contributed by atoms with E-state index in [0.29, 0.717) is 13.0 Å². The second-order valence-corrected chi connectivity index (χ2v) is 4.25. The average molecular weight is 210 g/mol. The van der Waals surface area contributed by atoms with Crippen molar-refractivity contribution in [1.82, 2.24) is 0 Å². The number of ketones is 1. The van der Waals surface area contributed by atoms with Gasteiger partial charge < -0.3 is 9.47 Å². The molecule has 0 saturated heterocycles. The van der Waals surface area contributed by atoms with Crippen LogP contribution in [0.3, 0.4) is 0 Å². The van der Waals surface area contributed by atoms with Gasteiger partial charge in [-0.15, -0.1) is 0 Å². The lowest BCUT2D eigenvalue weighted by molar-refractivity contribution is -0.140. The van der Waals surface area contributed by atoms with Crippen LogP contribution in [0.2, 0.25) is 0 Å². The Morgan fingerprint density at radius 1 is 1.47 bits per heavy atom. The van der Waals surface area contributed by atoms with Crippen molar-refractivity contribution in [3.63, 3.8) is 0 Å². The molecule has 2 atom stereocenters. The average Bonchev–Trinajstić information content (AvgIpc) is 2.17. The quantitative estimate of drug-likeness (QED) is 0.702. The maximum absolute atomic E-state index is 11.7. The first-order chi connectivity index (χ1) is 7.22. The van der Waals surface area contributed by atoms with Crippen molar-refractivity contribution in [2.24, 2.45) is 5.92 Å². The van der Waals surface area contributed by atoms with E-state index in [0.717, 1.165) is 30.6 Å². The molecule has 2 rings (SSSR count). The van der Waals surface area contributed by atoms with Crippen LogP contribution in [0.4, 0.5) is 0 Å². The molecule has 2 aliphatic rings. The van der Waals surface area contributed by atoms with Gasteiger partial charge in [0.2, 0.25) is 0 Å². The second kappa shape index (κ2) is 4.35. The number of rotatable bonds is 2. The largest absolute Gasteiger partial charge is 0.469 e. The highest BCUT2D eigenvalue weighted by atomic mass is 16.7. The molecule has 3 heteroatoms. The van der Waals surface area contributed by atoms with E-state index in [1.165, 1.54) is 0 Å². The Kier molecular flexibility index (Phi) is 3.10. The van der Waals surface area contributed by atoms with E-state index < -0.39 is 0 Å². The molecule has 1 aliphatic carbocycles. The zero-order valence-corrected chi connectivity index (χ0v) is 9.41. The number of Topliss-reactive ketones (excluding diaryl/α,β-unsaturated/α-hetero) is 1. The molecule has 1 aliphatic heterocycles. The lowest BCUT2D eigenvalue weighted by atomic mass is 9.84. The zero-order chi connectivity index (χ0) is 10.8. The van der Waals surface area contributed by atoms with Crippen LogP contribution in [0.25, 0.3) is 0 Å². The first kappa shape index (κ1) is 10.7. The van der Waals surface area contributed by atoms with Crippen LogP contribution in [-0.4, -0.2) is 18.7 Å². The van der Waals surface area contributed by atoms with E-state index in [9.17, 15) is 4.79 Å². The van der Waals surface area contributed by atoms with Gasteiger partial charge >= 0.3 is 0 Å². The molecule has 0 aromatic rings. The van der Waals surface area contributed by atoms with Crippen molar-refractivity contribution < 1.29 is 14.3 Å². The molecule has 0 radical (unpaired) electrons. The molecule has 0 fully saturated rings. The summed E-state index contributed by atoms with van der Waals surface area (Å²) in [6, 6.07) is 0. The molecular formula is C12H18O3. The van der Waals surface area contributed by atoms with Gasteiger partial charge in [-0.25, -0.2) is 0 Å². The van der Waals surface area contributed by atoms with Crippen molar-refractivity contribution in [2.75, 3.05) is 6.61 Å². The van der Waals surface area contributed by atoms with Gasteiger partial charge in [-0.2, -0.15) is 0 Å². The van der Waals surface area contributed by atoms with Crippen LogP contribution in [0.15, 0.2) is 11.3 Å². The van der Waals surface area contributed by atoms with Crippen molar-refractivity contribution in [3.8, 4) is 0 Å². The molecule has 84 valence electrons. The monoisotopic (exact) mass is 210 g/mol. The van der Waals surface area contributed by atoms with Gasteiger partial charge in [-0.1, -0.05) is 6.92 Å². The third-order valence-corrected chi connectivity index (χ3v) is 3.07. The van der Waals surface area contributed by atoms with Gasteiger partial charge in [0.1, 0.15) is 5.76 Å². The summed E-state index contributed by atoms with van der Waals surface area (Å²) >= 11 is 0. The molecule has 0 amide bonds. The van der Waals surface area contributed by atoms with Crippen LogP contribution in [0.1, 0.15) is 39.5 Å². The highest BCUT2D eigenvalue weighted by molar-refractivity contribution is 5.97. The fourth-order valence-corrected chi connectivity index (χ4v) is 2.41. The predicted octanol–water partition coefficient (Wildman–Crippen LogP) is 2.41. The SMILES string of the molecule is CCO[C@H]1C[C@H](C)C2=C(CCCC2=O)O1. The lowest BCUT2D eigenvalue weighted by Gasteiger charge is -2.33. The van der Waals surface area contributed by atoms with Gasteiger partial charge in [0.25, 0.3) is 0 Å². The predicted molar refractivity (Wildman–Crippen MR) is 56.2 cm³/mol. The van der Waals surface area contributed by atoms with Gasteiger partial charge in [-0.05, 0) is 19.3 Å². The Bertz CT molecular complexity index is 293. The van der Waals surface area contributed by atoms with Gasteiger partial charge in [0.05, 0.1) is 0 Å². The number of hydrogen-bond acceptors (Lipinski definition) is 3. The second-order valence-electron chi connectivity index (χ2n) is 4.25. The topological polar surface area (TPSA) is 35.5 Å². The van der Waals surface area contributed by atoms with Gasteiger partial charge in [0.15, 0.2) is 12.1 Å². The maximum Gasteiger partial charge on any atom is 0.199 e. The number of allylic oxidation sites excluding steroid dienone is 2. The Morgan fingerprint density at radius 2 is 2.27 bits per heavy atom. The van der Waals surface area contributed by atoms with Gasteiger partial charge in [0, 0.05) is 31.4 Å². The summed E-state index contributed by atoms with van der Waals surface area (Å²) in [5.74, 6) is 1.46. The molecule has 0 spiro atoms. The summed E-state index contributed by atoms with van der Waals surface area (Å²) in [6.07, 6.45) is 3.16. The smallest absolute Gasteiger partial charge is 0.199 e. The molecule has 0 aromatic carbocycles. The van der Waals surface area contributed by atoms with E-state index in [1.54, 1.807) is 0 Å². The Hall–Kier alpha value is -0.830. The minimum Gasteiger partial charge on any atom is -0.469 e. The first-order valence-electron chi connectivity index (χ1n) is 5.77. The molecular weight excluding hydrogens is 192 g/mol. The molecule has 3 nitrogen and oxygen atoms in total. The molecule has 15 heavy (non-hydrogen) atoms. The number of hydrogen-bond donors (Lipinski definition) is 0. The number of carbonyl (C=O) groups is 1. The van der Waals surface area contributed by atoms with Crippen molar-refractivity contribution >= 4 is 5.78 Å². The normalized spacial score (nSPS) is 31.2. The summed E-state index contributed by atoms with van der Waals surface area (Å²) in [5, 5.41) is 0. The van der Waals surface area contributed by atoms with Crippen LogP contribution >= 0.6 is 0 Å². The molecule has 0 N–H and O–H groups in total. The third-order valence-electron chi connectivity index (χ3n) is 3.07. The van der Waals surface area contributed by atoms with E-state index in [2.05, 4.69) is 6.92 Å². The van der Waals surface area contributed by atoms with Crippen molar-refractivity contribution in [3.05, 3.63) is 11.3 Å². The summed E-state index contributed by atoms with van der Waals surface area (Å²) in [5.41, 5.74) is 0.928. The highest BCUT2D eigenvalue weighted by Gasteiger charge is 2.33. The summed E-state index contributed by atoms with van der Waals surface area (Å²) in [6.45, 7) is 4.71. The minimum absolute atomic E-state index is 0.144. The van der Waals surface area contributed by atoms with Crippen LogP contribution in [0.5, 0.6) is 0 Å². The van der Waals surface area contributed by atoms with Gasteiger partial charge in [-0.3, -0.25) is 4.79 Å². The van der Waals surface area contributed by atoms with Crippen molar-refractivity contribution in [2.45, 2.75) is 45.8 Å². The molecule has 0 bridgehead atoms. The molecule has 0 saturated carbocycles. The summed E-state index contributed by atoms with van der Waals surface area (Å²) in [4.78, 5) is 11.7. The fourth-order valence-electron chi connectivity index (χ4n) is 2.41. The summed E-state index contributed by atoms with van der Waals surface area (Å²) in [7, 11) is 0. The van der Waals surface area contributed by atoms with E-state index >= 15 is 0 Å². The third kappa shape index (κ3) is 2.07. The highest BCUT2D eigenvalue weighted by Crippen LogP contribution is 2.36. The summed E-state index contributed by atoms with van der Waals surface area (Å²) < 4.78 is 11.2. The number of ether oxygens (including phenoxy) is 2. The standard InChI is InChI=1S/C12H18O3/c1-3-14-11-7-8(2)12-9(13)5-4-6-10(12)15-11/h8,11H,3-7H2,1-2H3/t8-,11+/m0/s1.